The van der Waals surface area contributed by atoms with Gasteiger partial charge >= 0.3 is 0 Å². The molecule has 2 heterocycles. The summed E-state index contributed by atoms with van der Waals surface area (Å²) in [4.78, 5) is 23.7. The van der Waals surface area contributed by atoms with Gasteiger partial charge in [0.25, 0.3) is 5.91 Å². The van der Waals surface area contributed by atoms with Crippen LogP contribution in [0.15, 0.2) is 24.0 Å². The zero-order valence-corrected chi connectivity index (χ0v) is 10.7. The molecule has 2 aromatic heterocycles. The molecule has 0 fully saturated rings. The number of nitrogens with zero attached hydrogens (tertiary/aromatic N) is 3. The van der Waals surface area contributed by atoms with E-state index >= 15 is 0 Å². The first kappa shape index (κ1) is 12.4. The molecule has 18 heavy (non-hydrogen) atoms. The minimum atomic E-state index is -0.216. The Bertz CT molecular complexity index is 513. The fourth-order valence-electron chi connectivity index (χ4n) is 1.35. The number of rotatable bonds is 5. The largest absolute Gasteiger partial charge is 0.365 e. The molecule has 0 aliphatic carbocycles. The summed E-state index contributed by atoms with van der Waals surface area (Å²) >= 11 is 1.55. The van der Waals surface area contributed by atoms with E-state index in [1.54, 1.807) is 11.3 Å². The molecule has 2 rings (SSSR count). The average molecular weight is 263 g/mol. The van der Waals surface area contributed by atoms with Crippen LogP contribution in [0.1, 0.15) is 16.2 Å². The highest BCUT2D eigenvalue weighted by Crippen LogP contribution is 2.14. The van der Waals surface area contributed by atoms with E-state index in [4.69, 9.17) is 0 Å². The van der Waals surface area contributed by atoms with Crippen LogP contribution in [0.2, 0.25) is 0 Å². The van der Waals surface area contributed by atoms with Crippen molar-refractivity contribution in [3.05, 3.63) is 35.4 Å². The maximum Gasteiger partial charge on any atom is 0.271 e. The first-order valence-electron chi connectivity index (χ1n) is 5.46. The molecule has 2 N–H and O–H groups in total. The van der Waals surface area contributed by atoms with Gasteiger partial charge in [-0.2, -0.15) is 0 Å². The van der Waals surface area contributed by atoms with E-state index in [0.717, 1.165) is 10.8 Å². The van der Waals surface area contributed by atoms with Crippen molar-refractivity contribution in [3.63, 3.8) is 0 Å². The zero-order chi connectivity index (χ0) is 12.8. The third-order valence-corrected chi connectivity index (χ3v) is 3.14. The predicted octanol–water partition coefficient (Wildman–Crippen LogP) is 0.947. The third-order valence-electron chi connectivity index (χ3n) is 2.23. The van der Waals surface area contributed by atoms with Crippen LogP contribution in [0.4, 0.5) is 5.13 Å². The molecular weight excluding hydrogens is 250 g/mol. The summed E-state index contributed by atoms with van der Waals surface area (Å²) in [7, 11) is 1.83. The van der Waals surface area contributed by atoms with Crippen LogP contribution in [-0.2, 0) is 6.42 Å². The summed E-state index contributed by atoms with van der Waals surface area (Å²) < 4.78 is 0. The topological polar surface area (TPSA) is 79.8 Å². The van der Waals surface area contributed by atoms with E-state index in [1.165, 1.54) is 18.6 Å². The molecule has 0 saturated carbocycles. The predicted molar refractivity (Wildman–Crippen MR) is 69.7 cm³/mol. The number of thiazole rings is 1. The quantitative estimate of drug-likeness (QED) is 0.839. The Labute approximate surface area is 109 Å². The highest BCUT2D eigenvalue weighted by molar-refractivity contribution is 7.13. The van der Waals surface area contributed by atoms with Crippen LogP contribution in [0.5, 0.6) is 0 Å². The van der Waals surface area contributed by atoms with Gasteiger partial charge in [0.1, 0.15) is 5.69 Å². The lowest BCUT2D eigenvalue weighted by Gasteiger charge is -2.02. The summed E-state index contributed by atoms with van der Waals surface area (Å²) in [5.41, 5.74) is 1.29. The van der Waals surface area contributed by atoms with Crippen LogP contribution < -0.4 is 10.6 Å². The van der Waals surface area contributed by atoms with Crippen LogP contribution >= 0.6 is 11.3 Å². The molecule has 7 heteroatoms. The van der Waals surface area contributed by atoms with E-state index in [-0.39, 0.29) is 5.91 Å². The van der Waals surface area contributed by atoms with Crippen molar-refractivity contribution in [2.24, 2.45) is 0 Å². The Kier molecular flexibility index (Phi) is 4.19. The Morgan fingerprint density at radius 3 is 3.00 bits per heavy atom. The normalized spacial score (nSPS) is 10.1. The van der Waals surface area contributed by atoms with Crippen LogP contribution in [0.25, 0.3) is 0 Å². The van der Waals surface area contributed by atoms with Gasteiger partial charge in [-0.25, -0.2) is 9.97 Å². The molecule has 0 unspecified atom stereocenters. The Morgan fingerprint density at radius 2 is 2.33 bits per heavy atom. The molecule has 1 amide bonds. The van der Waals surface area contributed by atoms with Crippen LogP contribution in [-0.4, -0.2) is 34.5 Å². The minimum Gasteiger partial charge on any atom is -0.365 e. The van der Waals surface area contributed by atoms with Gasteiger partial charge in [0, 0.05) is 37.8 Å². The van der Waals surface area contributed by atoms with Crippen molar-refractivity contribution in [2.75, 3.05) is 18.9 Å². The number of hydrogen-bond acceptors (Lipinski definition) is 6. The fraction of sp³-hybridized carbons (Fsp3) is 0.273. The lowest BCUT2D eigenvalue weighted by Crippen LogP contribution is -2.26. The van der Waals surface area contributed by atoms with E-state index in [9.17, 15) is 4.79 Å². The second-order valence-corrected chi connectivity index (χ2v) is 4.35. The number of aromatic nitrogens is 3. The number of carbonyl (C=O) groups is 1. The van der Waals surface area contributed by atoms with Crippen molar-refractivity contribution >= 4 is 22.4 Å². The summed E-state index contributed by atoms with van der Waals surface area (Å²) in [5, 5.41) is 8.60. The van der Waals surface area contributed by atoms with Gasteiger partial charge in [-0.1, -0.05) is 0 Å². The first-order chi connectivity index (χ1) is 8.79. The van der Waals surface area contributed by atoms with Crippen molar-refractivity contribution < 1.29 is 4.79 Å². The number of carbonyl (C=O) groups excluding carboxylic acids is 1. The number of nitrogens with one attached hydrogen (secondary N) is 2. The maximum absolute atomic E-state index is 11.7. The van der Waals surface area contributed by atoms with Crippen molar-refractivity contribution in [2.45, 2.75) is 6.42 Å². The zero-order valence-electron chi connectivity index (χ0n) is 9.88. The molecule has 0 spiro atoms. The standard InChI is InChI=1S/C11H13N5OS/c1-12-11-16-8(7-18-11)2-3-15-10(17)9-6-13-4-5-14-9/h4-7H,2-3H2,1H3,(H,12,16)(H,15,17). The number of amides is 1. The van der Waals surface area contributed by atoms with Crippen LogP contribution in [0, 0.1) is 0 Å². The summed E-state index contributed by atoms with van der Waals surface area (Å²) in [6.07, 6.45) is 5.17. The van der Waals surface area contributed by atoms with E-state index in [0.29, 0.717) is 18.7 Å². The highest BCUT2D eigenvalue weighted by Gasteiger charge is 2.06. The second kappa shape index (κ2) is 6.06. The fourth-order valence-corrected chi connectivity index (χ4v) is 2.05. The van der Waals surface area contributed by atoms with Gasteiger partial charge < -0.3 is 10.6 Å². The summed E-state index contributed by atoms with van der Waals surface area (Å²) in [6, 6.07) is 0. The molecule has 0 atom stereocenters. The molecule has 2 aromatic rings. The summed E-state index contributed by atoms with van der Waals surface area (Å²) in [6.45, 7) is 0.530. The van der Waals surface area contributed by atoms with Crippen molar-refractivity contribution in [1.29, 1.82) is 0 Å². The Hall–Kier alpha value is -2.02. The molecule has 0 aromatic carbocycles. The van der Waals surface area contributed by atoms with E-state index < -0.39 is 0 Å². The second-order valence-electron chi connectivity index (χ2n) is 3.49. The smallest absolute Gasteiger partial charge is 0.271 e. The molecule has 0 radical (unpaired) electrons. The molecule has 0 aliphatic rings. The van der Waals surface area contributed by atoms with Crippen molar-refractivity contribution in [3.8, 4) is 0 Å². The van der Waals surface area contributed by atoms with Crippen molar-refractivity contribution in [1.82, 2.24) is 20.3 Å². The minimum absolute atomic E-state index is 0.216. The van der Waals surface area contributed by atoms with Gasteiger partial charge in [-0.05, 0) is 0 Å². The average Bonchev–Trinajstić information content (AvgIpc) is 2.87. The monoisotopic (exact) mass is 263 g/mol. The SMILES string of the molecule is CNc1nc(CCNC(=O)c2cnccn2)cs1. The molecule has 94 valence electrons. The van der Waals surface area contributed by atoms with Gasteiger partial charge in [0.15, 0.2) is 5.13 Å². The van der Waals surface area contributed by atoms with Gasteiger partial charge in [0.2, 0.25) is 0 Å². The molecular formula is C11H13N5OS. The number of anilines is 1. The lowest BCUT2D eigenvalue weighted by atomic mass is 10.3. The van der Waals surface area contributed by atoms with E-state index in [2.05, 4.69) is 25.6 Å². The molecule has 6 nitrogen and oxygen atoms in total. The van der Waals surface area contributed by atoms with Gasteiger partial charge in [0.05, 0.1) is 11.9 Å². The highest BCUT2D eigenvalue weighted by atomic mass is 32.1. The number of hydrogen-bond donors (Lipinski definition) is 2. The molecule has 0 aliphatic heterocycles. The Morgan fingerprint density at radius 1 is 1.44 bits per heavy atom. The van der Waals surface area contributed by atoms with Gasteiger partial charge in [-0.3, -0.25) is 9.78 Å². The molecule has 0 bridgehead atoms. The lowest BCUT2D eigenvalue weighted by molar-refractivity contribution is 0.0948. The van der Waals surface area contributed by atoms with Gasteiger partial charge in [-0.15, -0.1) is 11.3 Å². The maximum atomic E-state index is 11.7. The Balaban J connectivity index is 1.80. The summed E-state index contributed by atoms with van der Waals surface area (Å²) in [5.74, 6) is -0.216. The third kappa shape index (κ3) is 3.24. The van der Waals surface area contributed by atoms with Crippen LogP contribution in [0.3, 0.4) is 0 Å². The molecule has 0 saturated heterocycles. The first-order valence-corrected chi connectivity index (χ1v) is 6.34. The van der Waals surface area contributed by atoms with E-state index in [1.807, 2.05) is 12.4 Å².